The first-order valence-corrected chi connectivity index (χ1v) is 5.44. The van der Waals surface area contributed by atoms with Gasteiger partial charge in [0.25, 0.3) is 0 Å². The third-order valence-corrected chi connectivity index (χ3v) is 2.64. The Bertz CT molecular complexity index is 394. The number of alkyl halides is 1. The SMILES string of the molecule is COc1cc(OC)c(C(C)(C)O)cc1C(C)F. The number of benzene rings is 1. The molecule has 0 aromatic heterocycles. The molecule has 1 unspecified atom stereocenters. The van der Waals surface area contributed by atoms with Crippen LogP contribution in [0, 0.1) is 0 Å². The van der Waals surface area contributed by atoms with Crippen LogP contribution < -0.4 is 9.47 Å². The zero-order valence-corrected chi connectivity index (χ0v) is 10.9. The first-order valence-electron chi connectivity index (χ1n) is 5.44. The van der Waals surface area contributed by atoms with Crippen LogP contribution in [0.15, 0.2) is 12.1 Å². The van der Waals surface area contributed by atoms with Gasteiger partial charge in [-0.25, -0.2) is 4.39 Å². The molecule has 0 saturated heterocycles. The van der Waals surface area contributed by atoms with Crippen LogP contribution in [0.3, 0.4) is 0 Å². The largest absolute Gasteiger partial charge is 0.496 e. The maximum atomic E-state index is 13.5. The number of methoxy groups -OCH3 is 2. The first-order chi connectivity index (χ1) is 7.81. The summed E-state index contributed by atoms with van der Waals surface area (Å²) in [5, 5.41) is 10.0. The molecule has 0 heterocycles. The molecule has 0 bridgehead atoms. The Labute approximate surface area is 101 Å². The van der Waals surface area contributed by atoms with Gasteiger partial charge < -0.3 is 14.6 Å². The predicted molar refractivity (Wildman–Crippen MR) is 64.3 cm³/mol. The van der Waals surface area contributed by atoms with E-state index in [4.69, 9.17) is 9.47 Å². The molecule has 1 N–H and O–H groups in total. The minimum atomic E-state index is -1.17. The quantitative estimate of drug-likeness (QED) is 0.882. The second-order valence-electron chi connectivity index (χ2n) is 4.47. The summed E-state index contributed by atoms with van der Waals surface area (Å²) < 4.78 is 23.8. The maximum Gasteiger partial charge on any atom is 0.128 e. The molecule has 0 aliphatic rings. The number of aliphatic hydroxyl groups is 1. The first kappa shape index (κ1) is 13.8. The Morgan fingerprint density at radius 1 is 1.18 bits per heavy atom. The molecule has 1 aromatic carbocycles. The molecule has 0 fully saturated rings. The second-order valence-corrected chi connectivity index (χ2v) is 4.47. The zero-order chi connectivity index (χ0) is 13.2. The summed E-state index contributed by atoms with van der Waals surface area (Å²) in [7, 11) is 2.98. The highest BCUT2D eigenvalue weighted by molar-refractivity contribution is 5.49. The lowest BCUT2D eigenvalue weighted by atomic mass is 9.94. The van der Waals surface area contributed by atoms with Crippen LogP contribution in [0.4, 0.5) is 4.39 Å². The highest BCUT2D eigenvalue weighted by atomic mass is 19.1. The molecule has 0 saturated carbocycles. The molecule has 3 nitrogen and oxygen atoms in total. The minimum Gasteiger partial charge on any atom is -0.496 e. The van der Waals surface area contributed by atoms with Gasteiger partial charge in [0.05, 0.1) is 19.8 Å². The molecule has 17 heavy (non-hydrogen) atoms. The van der Waals surface area contributed by atoms with Gasteiger partial charge >= 0.3 is 0 Å². The van der Waals surface area contributed by atoms with Crippen molar-refractivity contribution in [2.45, 2.75) is 32.5 Å². The molecule has 1 aromatic rings. The summed E-state index contributed by atoms with van der Waals surface area (Å²) in [5.41, 5.74) is -0.146. The van der Waals surface area contributed by atoms with Crippen molar-refractivity contribution in [3.05, 3.63) is 23.3 Å². The van der Waals surface area contributed by atoms with E-state index < -0.39 is 11.8 Å². The average Bonchev–Trinajstić information content (AvgIpc) is 2.25. The van der Waals surface area contributed by atoms with Crippen LogP contribution in [-0.4, -0.2) is 19.3 Å². The van der Waals surface area contributed by atoms with Crippen molar-refractivity contribution in [1.29, 1.82) is 0 Å². The lowest BCUT2D eigenvalue weighted by molar-refractivity contribution is 0.0753. The molecule has 0 aliphatic carbocycles. The Balaban J connectivity index is 3.45. The lowest BCUT2D eigenvalue weighted by Crippen LogP contribution is -2.17. The maximum absolute atomic E-state index is 13.5. The van der Waals surface area contributed by atoms with Crippen molar-refractivity contribution in [2.24, 2.45) is 0 Å². The number of ether oxygens (including phenoxy) is 2. The Kier molecular flexibility index (Phi) is 3.98. The second kappa shape index (κ2) is 4.92. The van der Waals surface area contributed by atoms with E-state index in [0.717, 1.165) is 0 Å². The normalized spacial score (nSPS) is 13.4. The van der Waals surface area contributed by atoms with Crippen molar-refractivity contribution >= 4 is 0 Å². The zero-order valence-electron chi connectivity index (χ0n) is 10.9. The van der Waals surface area contributed by atoms with Crippen LogP contribution >= 0.6 is 0 Å². The van der Waals surface area contributed by atoms with E-state index in [1.54, 1.807) is 26.0 Å². The summed E-state index contributed by atoms with van der Waals surface area (Å²) in [5.74, 6) is 0.906. The van der Waals surface area contributed by atoms with Gasteiger partial charge in [0.1, 0.15) is 17.7 Å². The van der Waals surface area contributed by atoms with Gasteiger partial charge in [-0.1, -0.05) is 0 Å². The molecular weight excluding hydrogens is 223 g/mol. The van der Waals surface area contributed by atoms with Crippen molar-refractivity contribution < 1.29 is 19.0 Å². The molecule has 96 valence electrons. The molecule has 1 atom stereocenters. The fraction of sp³-hybridized carbons (Fsp3) is 0.538. The third-order valence-electron chi connectivity index (χ3n) is 2.64. The van der Waals surface area contributed by atoms with E-state index in [2.05, 4.69) is 0 Å². The molecule has 0 spiro atoms. The molecule has 0 amide bonds. The van der Waals surface area contributed by atoms with Crippen molar-refractivity contribution in [1.82, 2.24) is 0 Å². The Morgan fingerprint density at radius 2 is 1.71 bits per heavy atom. The monoisotopic (exact) mass is 242 g/mol. The average molecular weight is 242 g/mol. The van der Waals surface area contributed by atoms with E-state index in [1.165, 1.54) is 21.1 Å². The standard InChI is InChI=1S/C13H19FO3/c1-8(14)9-6-10(13(2,3)15)12(17-5)7-11(9)16-4/h6-8,15H,1-5H3. The number of rotatable bonds is 4. The summed E-state index contributed by atoms with van der Waals surface area (Å²) in [6, 6.07) is 3.18. The minimum absolute atomic E-state index is 0.408. The summed E-state index contributed by atoms with van der Waals surface area (Å²) in [4.78, 5) is 0. The smallest absolute Gasteiger partial charge is 0.128 e. The summed E-state index contributed by atoms with van der Waals surface area (Å²) in [6.07, 6.45) is -1.17. The topological polar surface area (TPSA) is 38.7 Å². The summed E-state index contributed by atoms with van der Waals surface area (Å²) in [6.45, 7) is 4.69. The predicted octanol–water partition coefficient (Wildman–Crippen LogP) is 2.96. The van der Waals surface area contributed by atoms with Gasteiger partial charge in [-0.05, 0) is 26.8 Å². The van der Waals surface area contributed by atoms with Crippen molar-refractivity contribution in [3.63, 3.8) is 0 Å². The van der Waals surface area contributed by atoms with Crippen LogP contribution in [0.5, 0.6) is 11.5 Å². The van der Waals surface area contributed by atoms with Gasteiger partial charge in [0, 0.05) is 17.2 Å². The van der Waals surface area contributed by atoms with E-state index in [1.807, 2.05) is 0 Å². The van der Waals surface area contributed by atoms with Crippen molar-refractivity contribution in [2.75, 3.05) is 14.2 Å². The van der Waals surface area contributed by atoms with Crippen LogP contribution in [0.25, 0.3) is 0 Å². The fourth-order valence-corrected chi connectivity index (χ4v) is 1.71. The number of hydrogen-bond donors (Lipinski definition) is 1. The van der Waals surface area contributed by atoms with Crippen LogP contribution in [0.1, 0.15) is 38.1 Å². The van der Waals surface area contributed by atoms with Crippen molar-refractivity contribution in [3.8, 4) is 11.5 Å². The highest BCUT2D eigenvalue weighted by Crippen LogP contribution is 2.38. The molecular formula is C13H19FO3. The van der Waals surface area contributed by atoms with Gasteiger partial charge in [-0.2, -0.15) is 0 Å². The lowest BCUT2D eigenvalue weighted by Gasteiger charge is -2.23. The molecule has 0 radical (unpaired) electrons. The van der Waals surface area contributed by atoms with Gasteiger partial charge in [-0.15, -0.1) is 0 Å². The van der Waals surface area contributed by atoms with Crippen LogP contribution in [0.2, 0.25) is 0 Å². The Morgan fingerprint density at radius 3 is 2.06 bits per heavy atom. The number of hydrogen-bond acceptors (Lipinski definition) is 3. The number of halogens is 1. The van der Waals surface area contributed by atoms with Gasteiger partial charge in [0.2, 0.25) is 0 Å². The molecule has 0 aliphatic heterocycles. The highest BCUT2D eigenvalue weighted by Gasteiger charge is 2.24. The fourth-order valence-electron chi connectivity index (χ4n) is 1.71. The third kappa shape index (κ3) is 2.88. The molecule has 1 rings (SSSR count). The van der Waals surface area contributed by atoms with Gasteiger partial charge in [-0.3, -0.25) is 0 Å². The van der Waals surface area contributed by atoms with E-state index >= 15 is 0 Å². The van der Waals surface area contributed by atoms with E-state index in [-0.39, 0.29) is 0 Å². The van der Waals surface area contributed by atoms with E-state index in [9.17, 15) is 9.50 Å². The van der Waals surface area contributed by atoms with Gasteiger partial charge in [0.15, 0.2) is 0 Å². The van der Waals surface area contributed by atoms with Crippen LogP contribution in [-0.2, 0) is 5.60 Å². The Hall–Kier alpha value is -1.29. The summed E-state index contributed by atoms with van der Waals surface area (Å²) >= 11 is 0. The molecule has 4 heteroatoms. The van der Waals surface area contributed by atoms with E-state index in [0.29, 0.717) is 22.6 Å².